The summed E-state index contributed by atoms with van der Waals surface area (Å²) in [5.74, 6) is -1.12. The predicted molar refractivity (Wildman–Crippen MR) is 160 cm³/mol. The monoisotopic (exact) mass is 567 g/mol. The maximum absolute atomic E-state index is 13.8. The van der Waals surface area contributed by atoms with E-state index >= 15 is 0 Å². The van der Waals surface area contributed by atoms with Gasteiger partial charge in [-0.1, -0.05) is 43.0 Å². The van der Waals surface area contributed by atoms with E-state index < -0.39 is 17.8 Å². The van der Waals surface area contributed by atoms with E-state index in [0.717, 1.165) is 52.6 Å². The number of carbonyl (C=O) groups is 1. The van der Waals surface area contributed by atoms with Gasteiger partial charge in [0.25, 0.3) is 5.91 Å². The molecule has 2 fully saturated rings. The highest BCUT2D eigenvalue weighted by Gasteiger charge is 2.34. The number of nitriles is 1. The summed E-state index contributed by atoms with van der Waals surface area (Å²) in [7, 11) is 2.10. The number of hydrogen-bond donors (Lipinski definition) is 0. The number of anilines is 1. The van der Waals surface area contributed by atoms with Crippen molar-refractivity contribution in [1.29, 1.82) is 5.26 Å². The van der Waals surface area contributed by atoms with Gasteiger partial charge in [0.15, 0.2) is 11.5 Å². The van der Waals surface area contributed by atoms with Crippen molar-refractivity contribution in [3.63, 3.8) is 0 Å². The Morgan fingerprint density at radius 2 is 1.93 bits per heavy atom. The van der Waals surface area contributed by atoms with Crippen LogP contribution >= 0.6 is 0 Å². The van der Waals surface area contributed by atoms with Gasteiger partial charge in [-0.2, -0.15) is 15.2 Å². The summed E-state index contributed by atoms with van der Waals surface area (Å²) >= 11 is 0. The normalized spacial score (nSPS) is 19.4. The van der Waals surface area contributed by atoms with E-state index in [4.69, 9.17) is 14.7 Å². The fourth-order valence-corrected chi connectivity index (χ4v) is 6.29. The Hall–Kier alpha value is -4.49. The van der Waals surface area contributed by atoms with Gasteiger partial charge >= 0.3 is 6.01 Å². The molecule has 0 unspecified atom stereocenters. The van der Waals surface area contributed by atoms with Gasteiger partial charge in [0.05, 0.1) is 29.6 Å². The molecule has 0 aliphatic carbocycles. The van der Waals surface area contributed by atoms with E-state index in [9.17, 15) is 14.4 Å². The Labute approximate surface area is 244 Å². The fraction of sp³-hybridized carbons (Fsp3) is 0.375. The van der Waals surface area contributed by atoms with Gasteiger partial charge in [-0.25, -0.2) is 4.39 Å². The molecule has 0 N–H and O–H groups in total. The van der Waals surface area contributed by atoms with E-state index in [0.29, 0.717) is 31.6 Å². The Kier molecular flexibility index (Phi) is 7.52. The van der Waals surface area contributed by atoms with Crippen LogP contribution in [0.3, 0.4) is 0 Å². The minimum absolute atomic E-state index is 0.0666. The van der Waals surface area contributed by atoms with Crippen molar-refractivity contribution >= 4 is 33.5 Å². The molecule has 2 aromatic carbocycles. The van der Waals surface area contributed by atoms with Gasteiger partial charge < -0.3 is 19.4 Å². The molecule has 0 bridgehead atoms. The maximum Gasteiger partial charge on any atom is 0.320 e. The summed E-state index contributed by atoms with van der Waals surface area (Å²) < 4.78 is 22.2. The van der Waals surface area contributed by atoms with Crippen molar-refractivity contribution in [3.8, 4) is 17.8 Å². The number of aryl methyl sites for hydroxylation is 1. The number of benzene rings is 2. The van der Waals surface area contributed by atoms with Crippen molar-refractivity contribution < 1.29 is 13.9 Å². The summed E-state index contributed by atoms with van der Waals surface area (Å²) in [5.41, 5.74) is 2.71. The lowest BCUT2D eigenvalue weighted by Crippen LogP contribution is -2.55. The third-order valence-electron chi connectivity index (χ3n) is 8.49. The molecule has 216 valence electrons. The van der Waals surface area contributed by atoms with Crippen LogP contribution in [0, 0.1) is 18.3 Å². The van der Waals surface area contributed by atoms with Crippen molar-refractivity contribution in [3.05, 3.63) is 66.6 Å². The van der Waals surface area contributed by atoms with Crippen molar-refractivity contribution in [1.82, 2.24) is 24.3 Å². The lowest BCUT2D eigenvalue weighted by molar-refractivity contribution is -0.131. The molecule has 6 rings (SSSR count). The lowest BCUT2D eigenvalue weighted by Gasteiger charge is -2.41. The zero-order valence-electron chi connectivity index (χ0n) is 24.0. The number of ether oxygens (including phenoxy) is 1. The van der Waals surface area contributed by atoms with E-state index in [1.54, 1.807) is 0 Å². The molecular weight excluding hydrogens is 533 g/mol. The summed E-state index contributed by atoms with van der Waals surface area (Å²) in [5, 5.41) is 12.6. The van der Waals surface area contributed by atoms with Gasteiger partial charge in [0.1, 0.15) is 12.4 Å². The number of aromatic nitrogens is 3. The molecular formula is C32H34FN7O2. The van der Waals surface area contributed by atoms with Crippen molar-refractivity contribution in [2.45, 2.75) is 38.3 Å². The maximum atomic E-state index is 13.8. The van der Waals surface area contributed by atoms with Crippen LogP contribution in [0.2, 0.25) is 0 Å². The van der Waals surface area contributed by atoms with Crippen LogP contribution in [0.4, 0.5) is 10.2 Å². The fourth-order valence-electron chi connectivity index (χ4n) is 6.29. The average Bonchev–Trinajstić information content (AvgIpc) is 3.56. The van der Waals surface area contributed by atoms with Gasteiger partial charge in [0.2, 0.25) is 0 Å². The summed E-state index contributed by atoms with van der Waals surface area (Å²) in [4.78, 5) is 28.1. The SMILES string of the molecule is C=C(F)C(=O)N1CCN(c2nc(OC[C@@H]3CCCN3C)nc3c2cc(C)n3-c2cccc3ccccc23)C[C@@H]1CC#N. The number of carbonyl (C=O) groups excluding carboxylic acids is 1. The van der Waals surface area contributed by atoms with Crippen LogP contribution in [0.25, 0.3) is 27.5 Å². The highest BCUT2D eigenvalue weighted by Crippen LogP contribution is 2.35. The Morgan fingerprint density at radius 1 is 1.12 bits per heavy atom. The second-order valence-corrected chi connectivity index (χ2v) is 11.1. The average molecular weight is 568 g/mol. The number of halogens is 1. The number of hydrogen-bond acceptors (Lipinski definition) is 7. The van der Waals surface area contributed by atoms with E-state index in [1.807, 2.05) is 25.1 Å². The minimum atomic E-state index is -1.02. The Balaban J connectivity index is 1.45. The number of likely N-dealkylation sites (tertiary alicyclic amines) is 1. The quantitative estimate of drug-likeness (QED) is 0.297. The van der Waals surface area contributed by atoms with Gasteiger partial charge in [-0.3, -0.25) is 9.36 Å². The molecule has 0 saturated carbocycles. The number of piperazine rings is 1. The number of rotatable bonds is 7. The van der Waals surface area contributed by atoms with Gasteiger partial charge in [-0.05, 0) is 50.9 Å². The molecule has 42 heavy (non-hydrogen) atoms. The molecule has 2 aliphatic heterocycles. The summed E-state index contributed by atoms with van der Waals surface area (Å²) in [6, 6.07) is 18.8. The van der Waals surface area contributed by atoms with E-state index in [2.05, 4.69) is 64.4 Å². The van der Waals surface area contributed by atoms with Gasteiger partial charge in [-0.15, -0.1) is 0 Å². The van der Waals surface area contributed by atoms with Crippen LogP contribution in [-0.4, -0.2) is 82.2 Å². The first kappa shape index (κ1) is 27.7. The smallest absolute Gasteiger partial charge is 0.320 e. The topological polar surface area (TPSA) is 90.5 Å². The molecule has 2 atom stereocenters. The number of amides is 1. The third kappa shape index (κ3) is 5.05. The Morgan fingerprint density at radius 3 is 2.69 bits per heavy atom. The molecule has 2 saturated heterocycles. The van der Waals surface area contributed by atoms with E-state index in [-0.39, 0.29) is 19.0 Å². The molecule has 4 heterocycles. The molecule has 0 radical (unpaired) electrons. The Bertz CT molecular complexity index is 1710. The molecule has 9 nitrogen and oxygen atoms in total. The molecule has 1 amide bonds. The first-order valence-corrected chi connectivity index (χ1v) is 14.3. The molecule has 4 aromatic rings. The van der Waals surface area contributed by atoms with Crippen LogP contribution in [-0.2, 0) is 4.79 Å². The van der Waals surface area contributed by atoms with Crippen LogP contribution in [0.5, 0.6) is 6.01 Å². The number of fused-ring (bicyclic) bond motifs is 2. The highest BCUT2D eigenvalue weighted by atomic mass is 19.1. The molecule has 0 spiro atoms. The minimum Gasteiger partial charge on any atom is -0.462 e. The summed E-state index contributed by atoms with van der Waals surface area (Å²) in [6.07, 6.45) is 2.26. The van der Waals surface area contributed by atoms with Crippen molar-refractivity contribution in [2.24, 2.45) is 0 Å². The van der Waals surface area contributed by atoms with Crippen molar-refractivity contribution in [2.75, 3.05) is 44.7 Å². The highest BCUT2D eigenvalue weighted by molar-refractivity contribution is 5.96. The number of nitrogens with zero attached hydrogens (tertiary/aromatic N) is 7. The molecule has 2 aliphatic rings. The number of likely N-dealkylation sites (N-methyl/N-ethyl adjacent to an activating group) is 1. The third-order valence-corrected chi connectivity index (χ3v) is 8.49. The van der Waals surface area contributed by atoms with Crippen LogP contribution in [0.1, 0.15) is 25.0 Å². The lowest BCUT2D eigenvalue weighted by atomic mass is 10.1. The second-order valence-electron chi connectivity index (χ2n) is 11.1. The van der Waals surface area contributed by atoms with E-state index in [1.165, 1.54) is 4.90 Å². The second kappa shape index (κ2) is 11.4. The summed E-state index contributed by atoms with van der Waals surface area (Å²) in [6.45, 7) is 7.72. The molecule has 10 heteroatoms. The zero-order valence-corrected chi connectivity index (χ0v) is 24.0. The zero-order chi connectivity index (χ0) is 29.4. The predicted octanol–water partition coefficient (Wildman–Crippen LogP) is 4.77. The van der Waals surface area contributed by atoms with Crippen LogP contribution in [0.15, 0.2) is 60.9 Å². The van der Waals surface area contributed by atoms with Gasteiger partial charge in [0, 0.05) is 36.8 Å². The first-order chi connectivity index (χ1) is 20.4. The largest absolute Gasteiger partial charge is 0.462 e. The molecule has 2 aromatic heterocycles. The van der Waals surface area contributed by atoms with Crippen LogP contribution < -0.4 is 9.64 Å². The first-order valence-electron chi connectivity index (χ1n) is 14.3. The standard InChI is InChI=1S/C32H34FN7O2/c1-21-18-27-29(38-16-17-39(31(41)22(2)33)24(19-38)13-14-34)35-32(42-20-25-10-7-15-37(25)3)36-30(27)40(21)28-12-6-9-23-8-4-5-11-26(23)28/h4-6,8-9,11-12,18,24-25H,2,7,10,13,15-17,19-20H2,1,3H3/t24-,25-/m0/s1.